The average Bonchev–Trinajstić information content (AvgIpc) is 3.23. The van der Waals surface area contributed by atoms with Gasteiger partial charge in [0.2, 0.25) is 0 Å². The average molecular weight is 361 g/mol. The lowest BCUT2D eigenvalue weighted by molar-refractivity contribution is -0.131. The normalized spacial score (nSPS) is 22.9. The molecule has 1 amide bonds. The minimum absolute atomic E-state index is 0.0690. The van der Waals surface area contributed by atoms with Crippen molar-refractivity contribution >= 4 is 11.7 Å². The summed E-state index contributed by atoms with van der Waals surface area (Å²) >= 11 is 0. The number of nitrogens with zero attached hydrogens (tertiary/aromatic N) is 1. The second kappa shape index (κ2) is 7.37. The van der Waals surface area contributed by atoms with Crippen molar-refractivity contribution in [2.45, 2.75) is 31.9 Å². The van der Waals surface area contributed by atoms with Gasteiger partial charge in [0, 0.05) is 18.7 Å². The largest absolute Gasteiger partial charge is 0.503 e. The molecule has 1 N–H and O–H groups in total. The van der Waals surface area contributed by atoms with E-state index in [1.165, 1.54) is 26.0 Å². The Morgan fingerprint density at radius 3 is 2.69 bits per heavy atom. The smallest absolute Gasteiger partial charge is 0.290 e. The number of amides is 1. The van der Waals surface area contributed by atoms with E-state index in [4.69, 9.17) is 14.2 Å². The van der Waals surface area contributed by atoms with Gasteiger partial charge in [0.25, 0.3) is 5.91 Å². The van der Waals surface area contributed by atoms with E-state index in [1.807, 2.05) is 0 Å². The van der Waals surface area contributed by atoms with Gasteiger partial charge in [-0.2, -0.15) is 0 Å². The number of aliphatic hydroxyl groups excluding tert-OH is 1. The first-order valence-corrected chi connectivity index (χ1v) is 8.56. The van der Waals surface area contributed by atoms with Crippen molar-refractivity contribution in [1.82, 2.24) is 4.90 Å². The molecule has 0 saturated carbocycles. The number of carbonyl (C=O) groups is 2. The summed E-state index contributed by atoms with van der Waals surface area (Å²) in [4.78, 5) is 26.4. The van der Waals surface area contributed by atoms with Gasteiger partial charge in [-0.15, -0.1) is 0 Å². The third kappa shape index (κ3) is 3.14. The van der Waals surface area contributed by atoms with Gasteiger partial charge in [0.15, 0.2) is 11.5 Å². The molecular weight excluding hydrogens is 338 g/mol. The van der Waals surface area contributed by atoms with Crippen LogP contribution in [0.4, 0.5) is 0 Å². The predicted octanol–water partition coefficient (Wildman–Crippen LogP) is 2.17. The SMILES string of the molecule is COc1ccc(OC)c([C@@H]2C(C(C)=O)=C(O)C(=O)N2C[C@H]2CCCO2)c1. The number of ketones is 1. The summed E-state index contributed by atoms with van der Waals surface area (Å²) in [6, 6.07) is 4.44. The Hall–Kier alpha value is -2.54. The van der Waals surface area contributed by atoms with Crippen LogP contribution in [0.3, 0.4) is 0 Å². The maximum atomic E-state index is 12.7. The summed E-state index contributed by atoms with van der Waals surface area (Å²) in [5.74, 6) is -0.361. The molecule has 2 aliphatic rings. The molecule has 7 heteroatoms. The number of ether oxygens (including phenoxy) is 3. The van der Waals surface area contributed by atoms with E-state index in [0.29, 0.717) is 30.2 Å². The molecule has 0 aromatic heterocycles. The van der Waals surface area contributed by atoms with E-state index in [2.05, 4.69) is 0 Å². The molecule has 140 valence electrons. The molecule has 1 saturated heterocycles. The van der Waals surface area contributed by atoms with E-state index in [9.17, 15) is 14.7 Å². The first-order chi connectivity index (χ1) is 12.5. The molecule has 0 unspecified atom stereocenters. The van der Waals surface area contributed by atoms with Crippen molar-refractivity contribution in [3.63, 3.8) is 0 Å². The van der Waals surface area contributed by atoms with Crippen molar-refractivity contribution in [2.75, 3.05) is 27.4 Å². The Morgan fingerprint density at radius 1 is 1.35 bits per heavy atom. The van der Waals surface area contributed by atoms with E-state index in [0.717, 1.165) is 12.8 Å². The second-order valence-corrected chi connectivity index (χ2v) is 6.42. The van der Waals surface area contributed by atoms with Crippen LogP contribution >= 0.6 is 0 Å². The molecule has 2 atom stereocenters. The third-order valence-corrected chi connectivity index (χ3v) is 4.84. The molecule has 3 rings (SSSR count). The zero-order valence-corrected chi connectivity index (χ0v) is 15.2. The number of benzene rings is 1. The number of carbonyl (C=O) groups excluding carboxylic acids is 2. The molecule has 0 aliphatic carbocycles. The molecule has 0 bridgehead atoms. The first kappa shape index (κ1) is 18.3. The summed E-state index contributed by atoms with van der Waals surface area (Å²) < 4.78 is 16.4. The predicted molar refractivity (Wildman–Crippen MR) is 93.3 cm³/mol. The number of Topliss-reactive ketones (excluding diaryl/α,β-unsaturated/α-hetero) is 1. The van der Waals surface area contributed by atoms with Crippen LogP contribution in [0.15, 0.2) is 29.5 Å². The lowest BCUT2D eigenvalue weighted by Crippen LogP contribution is -2.37. The Bertz CT molecular complexity index is 750. The van der Waals surface area contributed by atoms with Gasteiger partial charge in [-0.05, 0) is 38.0 Å². The second-order valence-electron chi connectivity index (χ2n) is 6.42. The van der Waals surface area contributed by atoms with Gasteiger partial charge in [0.05, 0.1) is 31.9 Å². The van der Waals surface area contributed by atoms with Crippen molar-refractivity contribution in [2.24, 2.45) is 0 Å². The van der Waals surface area contributed by atoms with Crippen molar-refractivity contribution < 1.29 is 28.9 Å². The van der Waals surface area contributed by atoms with Crippen LogP contribution in [0.1, 0.15) is 31.4 Å². The maximum Gasteiger partial charge on any atom is 0.290 e. The van der Waals surface area contributed by atoms with Gasteiger partial charge in [-0.3, -0.25) is 9.59 Å². The zero-order valence-electron chi connectivity index (χ0n) is 15.2. The number of hydrogen-bond acceptors (Lipinski definition) is 6. The van der Waals surface area contributed by atoms with Crippen molar-refractivity contribution in [3.05, 3.63) is 35.1 Å². The summed E-state index contributed by atoms with van der Waals surface area (Å²) in [7, 11) is 3.05. The number of rotatable bonds is 6. The van der Waals surface area contributed by atoms with Crippen LogP contribution in [-0.2, 0) is 14.3 Å². The van der Waals surface area contributed by atoms with E-state index >= 15 is 0 Å². The lowest BCUT2D eigenvalue weighted by atomic mass is 9.95. The summed E-state index contributed by atoms with van der Waals surface area (Å²) in [5, 5.41) is 10.3. The highest BCUT2D eigenvalue weighted by molar-refractivity contribution is 6.08. The topological polar surface area (TPSA) is 85.3 Å². The van der Waals surface area contributed by atoms with Crippen LogP contribution in [0, 0.1) is 0 Å². The molecule has 1 aromatic rings. The summed E-state index contributed by atoms with van der Waals surface area (Å²) in [6.07, 6.45) is 1.65. The molecule has 0 radical (unpaired) electrons. The monoisotopic (exact) mass is 361 g/mol. The standard InChI is InChI=1S/C19H23NO6/c1-11(21)16-17(14-9-12(24-2)6-7-15(14)25-3)20(19(23)18(16)22)10-13-5-4-8-26-13/h6-7,9,13,17,22H,4-5,8,10H2,1-3H3/t13-,17-/m1/s1. The molecule has 0 spiro atoms. The molecule has 1 aromatic carbocycles. The van der Waals surface area contributed by atoms with E-state index in [1.54, 1.807) is 18.2 Å². The Balaban J connectivity index is 2.08. The molecule has 2 heterocycles. The van der Waals surface area contributed by atoms with Crippen LogP contribution in [0.2, 0.25) is 0 Å². The van der Waals surface area contributed by atoms with Crippen LogP contribution in [-0.4, -0.2) is 55.2 Å². The highest BCUT2D eigenvalue weighted by atomic mass is 16.5. The van der Waals surface area contributed by atoms with Gasteiger partial charge in [-0.1, -0.05) is 0 Å². The Morgan fingerprint density at radius 2 is 2.12 bits per heavy atom. The fraction of sp³-hybridized carbons (Fsp3) is 0.474. The first-order valence-electron chi connectivity index (χ1n) is 8.56. The van der Waals surface area contributed by atoms with Crippen molar-refractivity contribution in [1.29, 1.82) is 0 Å². The Kier molecular flexibility index (Phi) is 5.18. The lowest BCUT2D eigenvalue weighted by Gasteiger charge is -2.29. The van der Waals surface area contributed by atoms with Gasteiger partial charge in [0.1, 0.15) is 11.5 Å². The van der Waals surface area contributed by atoms with Gasteiger partial charge < -0.3 is 24.2 Å². The highest BCUT2D eigenvalue weighted by Crippen LogP contribution is 2.43. The van der Waals surface area contributed by atoms with E-state index < -0.39 is 17.7 Å². The fourth-order valence-electron chi connectivity index (χ4n) is 3.59. The number of methoxy groups -OCH3 is 2. The molecule has 7 nitrogen and oxygen atoms in total. The van der Waals surface area contributed by atoms with Crippen LogP contribution < -0.4 is 9.47 Å². The highest BCUT2D eigenvalue weighted by Gasteiger charge is 2.44. The summed E-state index contributed by atoms with van der Waals surface area (Å²) in [5.41, 5.74) is 0.659. The molecule has 1 fully saturated rings. The van der Waals surface area contributed by atoms with E-state index in [-0.39, 0.29) is 17.5 Å². The molecule has 26 heavy (non-hydrogen) atoms. The van der Waals surface area contributed by atoms with Crippen LogP contribution in [0.25, 0.3) is 0 Å². The number of hydrogen-bond donors (Lipinski definition) is 1. The molecular formula is C19H23NO6. The minimum atomic E-state index is -0.741. The fourth-order valence-corrected chi connectivity index (χ4v) is 3.59. The zero-order chi connectivity index (χ0) is 18.8. The van der Waals surface area contributed by atoms with Crippen molar-refractivity contribution in [3.8, 4) is 11.5 Å². The van der Waals surface area contributed by atoms with Crippen LogP contribution in [0.5, 0.6) is 11.5 Å². The molecule has 2 aliphatic heterocycles. The number of aliphatic hydroxyl groups is 1. The third-order valence-electron chi connectivity index (χ3n) is 4.84. The van der Waals surface area contributed by atoms with Gasteiger partial charge >= 0.3 is 0 Å². The summed E-state index contributed by atoms with van der Waals surface area (Å²) in [6.45, 7) is 2.29. The maximum absolute atomic E-state index is 12.7. The quantitative estimate of drug-likeness (QED) is 0.836. The minimum Gasteiger partial charge on any atom is -0.503 e. The Labute approximate surface area is 152 Å². The van der Waals surface area contributed by atoms with Gasteiger partial charge in [-0.25, -0.2) is 0 Å².